The Morgan fingerprint density at radius 1 is 1.22 bits per heavy atom. The molecule has 0 saturated heterocycles. The van der Waals surface area contributed by atoms with E-state index in [2.05, 4.69) is 4.98 Å². The van der Waals surface area contributed by atoms with Crippen LogP contribution in [0.2, 0.25) is 10.0 Å². The van der Waals surface area contributed by atoms with Crippen molar-refractivity contribution in [3.05, 3.63) is 57.3 Å². The van der Waals surface area contributed by atoms with Gasteiger partial charge in [0.1, 0.15) is 11.9 Å². The summed E-state index contributed by atoms with van der Waals surface area (Å²) in [7, 11) is 0. The molecule has 0 aliphatic rings. The van der Waals surface area contributed by atoms with Crippen molar-refractivity contribution in [2.45, 2.75) is 13.0 Å². The first-order valence-corrected chi connectivity index (χ1v) is 6.03. The van der Waals surface area contributed by atoms with E-state index in [-0.39, 0.29) is 21.4 Å². The maximum absolute atomic E-state index is 10.3. The second kappa shape index (κ2) is 5.14. The molecule has 0 amide bonds. The first kappa shape index (κ1) is 13.1. The van der Waals surface area contributed by atoms with Gasteiger partial charge < -0.3 is 10.2 Å². The van der Waals surface area contributed by atoms with Crippen molar-refractivity contribution in [3.8, 4) is 5.75 Å². The van der Waals surface area contributed by atoms with Crippen molar-refractivity contribution in [3.63, 3.8) is 0 Å². The number of rotatable bonds is 2. The standard InChI is InChI=1S/C13H11Cl2NO2/c1-7-6-16-5-4-8(7)13(18)11-10(17)3-2-9(14)12(11)15/h2-6,13,17-18H,1H3/t13-/m0/s1. The Hall–Kier alpha value is -1.29. The number of hydrogen-bond donors (Lipinski definition) is 2. The summed E-state index contributed by atoms with van der Waals surface area (Å²) in [5.74, 6) is -0.0897. The zero-order valence-corrected chi connectivity index (χ0v) is 11.1. The number of phenolic OH excluding ortho intramolecular Hbond substituents is 1. The summed E-state index contributed by atoms with van der Waals surface area (Å²) < 4.78 is 0. The van der Waals surface area contributed by atoms with Crippen molar-refractivity contribution >= 4 is 23.2 Å². The molecule has 18 heavy (non-hydrogen) atoms. The van der Waals surface area contributed by atoms with Crippen LogP contribution in [0.25, 0.3) is 0 Å². The predicted molar refractivity (Wildman–Crippen MR) is 71.2 cm³/mol. The highest BCUT2D eigenvalue weighted by Gasteiger charge is 2.21. The number of phenols is 1. The highest BCUT2D eigenvalue weighted by molar-refractivity contribution is 6.42. The summed E-state index contributed by atoms with van der Waals surface area (Å²) in [6, 6.07) is 4.56. The van der Waals surface area contributed by atoms with E-state index in [4.69, 9.17) is 23.2 Å². The smallest absolute Gasteiger partial charge is 0.123 e. The molecule has 1 aromatic heterocycles. The van der Waals surface area contributed by atoms with Crippen LogP contribution in [0.15, 0.2) is 30.6 Å². The molecule has 0 radical (unpaired) electrons. The van der Waals surface area contributed by atoms with Crippen molar-refractivity contribution in [1.29, 1.82) is 0 Å². The van der Waals surface area contributed by atoms with Crippen LogP contribution in [0.5, 0.6) is 5.75 Å². The molecule has 3 nitrogen and oxygen atoms in total. The highest BCUT2D eigenvalue weighted by Crippen LogP contribution is 2.39. The minimum atomic E-state index is -1.04. The number of nitrogens with zero attached hydrogens (tertiary/aromatic N) is 1. The van der Waals surface area contributed by atoms with Crippen LogP contribution in [-0.4, -0.2) is 15.2 Å². The third-order valence-corrected chi connectivity index (χ3v) is 3.56. The van der Waals surface area contributed by atoms with Gasteiger partial charge in [-0.25, -0.2) is 0 Å². The molecule has 2 aromatic rings. The Morgan fingerprint density at radius 3 is 2.61 bits per heavy atom. The van der Waals surface area contributed by atoms with Crippen molar-refractivity contribution in [2.75, 3.05) is 0 Å². The summed E-state index contributed by atoms with van der Waals surface area (Å²) >= 11 is 11.9. The molecule has 5 heteroatoms. The van der Waals surface area contributed by atoms with Crippen molar-refractivity contribution < 1.29 is 10.2 Å². The summed E-state index contributed by atoms with van der Waals surface area (Å²) in [4.78, 5) is 3.95. The van der Waals surface area contributed by atoms with Crippen molar-refractivity contribution in [1.82, 2.24) is 4.98 Å². The zero-order valence-electron chi connectivity index (χ0n) is 9.56. The second-order valence-corrected chi connectivity index (χ2v) is 4.71. The summed E-state index contributed by atoms with van der Waals surface area (Å²) in [6.07, 6.45) is 2.16. The Morgan fingerprint density at radius 2 is 1.94 bits per heavy atom. The van der Waals surface area contributed by atoms with E-state index in [1.807, 2.05) is 6.92 Å². The number of aliphatic hydroxyl groups excluding tert-OH is 1. The third kappa shape index (κ3) is 2.29. The summed E-state index contributed by atoms with van der Waals surface area (Å²) in [5.41, 5.74) is 1.64. The van der Waals surface area contributed by atoms with Crippen LogP contribution in [0.1, 0.15) is 22.8 Å². The average Bonchev–Trinajstić information content (AvgIpc) is 2.35. The van der Waals surface area contributed by atoms with E-state index in [1.165, 1.54) is 12.1 Å². The molecular formula is C13H11Cl2NO2. The van der Waals surface area contributed by atoms with Gasteiger partial charge in [-0.1, -0.05) is 23.2 Å². The van der Waals surface area contributed by atoms with Crippen LogP contribution < -0.4 is 0 Å². The molecule has 1 aromatic carbocycles. The lowest BCUT2D eigenvalue weighted by Gasteiger charge is -2.17. The van der Waals surface area contributed by atoms with Crippen LogP contribution in [0.3, 0.4) is 0 Å². The molecule has 0 spiro atoms. The minimum Gasteiger partial charge on any atom is -0.508 e. The molecule has 0 bridgehead atoms. The van der Waals surface area contributed by atoms with Crippen LogP contribution in [0, 0.1) is 6.92 Å². The fraction of sp³-hybridized carbons (Fsp3) is 0.154. The topological polar surface area (TPSA) is 53.4 Å². The summed E-state index contributed by atoms with van der Waals surface area (Å²) in [6.45, 7) is 1.82. The van der Waals surface area contributed by atoms with Crippen molar-refractivity contribution in [2.24, 2.45) is 0 Å². The second-order valence-electron chi connectivity index (χ2n) is 3.93. The number of aryl methyl sites for hydroxylation is 1. The first-order valence-electron chi connectivity index (χ1n) is 5.27. The Bertz CT molecular complexity index is 587. The van der Waals surface area contributed by atoms with Gasteiger partial charge in [0.15, 0.2) is 0 Å². The molecule has 0 aliphatic carbocycles. The normalized spacial score (nSPS) is 12.4. The van der Waals surface area contributed by atoms with Gasteiger partial charge in [-0.05, 0) is 36.2 Å². The number of pyridine rings is 1. The number of aromatic hydroxyl groups is 1. The fourth-order valence-corrected chi connectivity index (χ4v) is 2.19. The molecule has 94 valence electrons. The van der Waals surface area contributed by atoms with E-state index in [0.29, 0.717) is 5.56 Å². The molecule has 2 rings (SSSR count). The summed E-state index contributed by atoms with van der Waals surface area (Å²) in [5, 5.41) is 20.6. The quantitative estimate of drug-likeness (QED) is 0.887. The zero-order chi connectivity index (χ0) is 13.3. The van der Waals surface area contributed by atoms with Gasteiger partial charge in [0.25, 0.3) is 0 Å². The third-order valence-electron chi connectivity index (χ3n) is 2.74. The number of aliphatic hydroxyl groups is 1. The van der Waals surface area contributed by atoms with E-state index in [0.717, 1.165) is 5.56 Å². The SMILES string of the molecule is Cc1cnccc1[C@H](O)c1c(O)ccc(Cl)c1Cl. The van der Waals surface area contributed by atoms with Gasteiger partial charge in [-0.2, -0.15) is 0 Å². The highest BCUT2D eigenvalue weighted by atomic mass is 35.5. The lowest BCUT2D eigenvalue weighted by atomic mass is 9.98. The number of hydrogen-bond acceptors (Lipinski definition) is 3. The monoisotopic (exact) mass is 283 g/mol. The van der Waals surface area contributed by atoms with E-state index < -0.39 is 6.10 Å². The van der Waals surface area contributed by atoms with Gasteiger partial charge in [0, 0.05) is 18.0 Å². The number of halogens is 2. The lowest BCUT2D eigenvalue weighted by Crippen LogP contribution is -2.04. The van der Waals surface area contributed by atoms with E-state index >= 15 is 0 Å². The van der Waals surface area contributed by atoms with E-state index in [1.54, 1.807) is 18.5 Å². The van der Waals surface area contributed by atoms with Crippen LogP contribution in [0.4, 0.5) is 0 Å². The molecule has 0 saturated carbocycles. The fourth-order valence-electron chi connectivity index (χ4n) is 1.76. The van der Waals surface area contributed by atoms with Gasteiger partial charge >= 0.3 is 0 Å². The maximum atomic E-state index is 10.3. The first-order chi connectivity index (χ1) is 8.52. The van der Waals surface area contributed by atoms with Gasteiger partial charge in [-0.3, -0.25) is 4.98 Å². The number of benzene rings is 1. The predicted octanol–water partition coefficient (Wildman–Crippen LogP) is 3.48. The van der Waals surface area contributed by atoms with Crippen LogP contribution in [-0.2, 0) is 0 Å². The lowest BCUT2D eigenvalue weighted by molar-refractivity contribution is 0.215. The van der Waals surface area contributed by atoms with Gasteiger partial charge in [-0.15, -0.1) is 0 Å². The molecule has 2 N–H and O–H groups in total. The molecule has 1 heterocycles. The molecule has 1 atom stereocenters. The molecule has 0 unspecified atom stereocenters. The van der Waals surface area contributed by atoms with E-state index in [9.17, 15) is 10.2 Å². The Kier molecular flexibility index (Phi) is 3.76. The average molecular weight is 284 g/mol. The molecule has 0 fully saturated rings. The maximum Gasteiger partial charge on any atom is 0.123 e. The largest absolute Gasteiger partial charge is 0.508 e. The minimum absolute atomic E-state index is 0.0897. The Labute approximate surface area is 115 Å². The van der Waals surface area contributed by atoms with Gasteiger partial charge in [0.05, 0.1) is 10.0 Å². The van der Waals surface area contributed by atoms with Gasteiger partial charge in [0.2, 0.25) is 0 Å². The van der Waals surface area contributed by atoms with Crippen LogP contribution >= 0.6 is 23.2 Å². The number of aromatic nitrogens is 1. The molecular weight excluding hydrogens is 273 g/mol. The Balaban J connectivity index is 2.56. The molecule has 0 aliphatic heterocycles.